The number of hydrogen-bond acceptors (Lipinski definition) is 6. The molecule has 0 fully saturated rings. The van der Waals surface area contributed by atoms with Gasteiger partial charge in [0.05, 0.1) is 22.2 Å². The number of nitrogens with one attached hydrogen (secondary N) is 2. The predicted octanol–water partition coefficient (Wildman–Crippen LogP) is 4.15. The molecule has 0 amide bonds. The van der Waals surface area contributed by atoms with Gasteiger partial charge in [0.25, 0.3) is 5.69 Å². The molecule has 2 rings (SSSR count). The molecule has 10 heteroatoms. The SMILES string of the molecule is CCNC(=S)N/N=C\c1cc(Br)c(OCc2cccc([N+](=O)[O-])c2)c(OCC)c1. The molecule has 0 radical (unpaired) electrons. The Balaban J connectivity index is 2.17. The van der Waals surface area contributed by atoms with E-state index in [1.165, 1.54) is 12.1 Å². The Kier molecular flexibility index (Phi) is 8.81. The number of nitrogens with zero attached hydrogens (tertiary/aromatic N) is 2. The second-order valence-corrected chi connectivity index (χ2v) is 6.97. The maximum Gasteiger partial charge on any atom is 0.269 e. The summed E-state index contributed by atoms with van der Waals surface area (Å²) >= 11 is 8.55. The fraction of sp³-hybridized carbons (Fsp3) is 0.263. The predicted molar refractivity (Wildman–Crippen MR) is 120 cm³/mol. The van der Waals surface area contributed by atoms with Gasteiger partial charge in [-0.3, -0.25) is 15.5 Å². The van der Waals surface area contributed by atoms with Crippen molar-refractivity contribution in [3.8, 4) is 11.5 Å². The maximum absolute atomic E-state index is 10.9. The van der Waals surface area contributed by atoms with Crippen molar-refractivity contribution in [1.29, 1.82) is 0 Å². The molecular weight excluding hydrogens is 460 g/mol. The van der Waals surface area contributed by atoms with Crippen molar-refractivity contribution in [1.82, 2.24) is 10.7 Å². The Morgan fingerprint density at radius 1 is 1.31 bits per heavy atom. The van der Waals surface area contributed by atoms with Gasteiger partial charge in [0.15, 0.2) is 16.6 Å². The van der Waals surface area contributed by atoms with Crippen molar-refractivity contribution in [3.05, 3.63) is 62.1 Å². The summed E-state index contributed by atoms with van der Waals surface area (Å²) in [6.45, 7) is 5.12. The minimum Gasteiger partial charge on any atom is -0.490 e. The van der Waals surface area contributed by atoms with E-state index in [4.69, 9.17) is 21.7 Å². The van der Waals surface area contributed by atoms with E-state index in [0.717, 1.165) is 5.56 Å². The fourth-order valence-electron chi connectivity index (χ4n) is 2.35. The van der Waals surface area contributed by atoms with E-state index in [1.807, 2.05) is 19.9 Å². The van der Waals surface area contributed by atoms with Gasteiger partial charge in [-0.1, -0.05) is 12.1 Å². The van der Waals surface area contributed by atoms with Crippen molar-refractivity contribution < 1.29 is 14.4 Å². The van der Waals surface area contributed by atoms with E-state index in [0.29, 0.717) is 39.8 Å². The summed E-state index contributed by atoms with van der Waals surface area (Å²) in [7, 11) is 0. The van der Waals surface area contributed by atoms with Crippen LogP contribution in [0.2, 0.25) is 0 Å². The third kappa shape index (κ3) is 6.99. The largest absolute Gasteiger partial charge is 0.490 e. The van der Waals surface area contributed by atoms with Crippen LogP contribution in [0.25, 0.3) is 0 Å². The molecule has 0 heterocycles. The highest BCUT2D eigenvalue weighted by molar-refractivity contribution is 9.10. The zero-order valence-electron chi connectivity index (χ0n) is 16.0. The Morgan fingerprint density at radius 2 is 2.10 bits per heavy atom. The zero-order valence-corrected chi connectivity index (χ0v) is 18.4. The Hall–Kier alpha value is -2.72. The minimum absolute atomic E-state index is 0.0183. The van der Waals surface area contributed by atoms with Gasteiger partial charge in [-0.15, -0.1) is 0 Å². The van der Waals surface area contributed by atoms with Crippen molar-refractivity contribution in [2.24, 2.45) is 5.10 Å². The molecule has 2 N–H and O–H groups in total. The minimum atomic E-state index is -0.436. The van der Waals surface area contributed by atoms with Crippen LogP contribution in [-0.4, -0.2) is 29.4 Å². The van der Waals surface area contributed by atoms with Crippen LogP contribution in [0.1, 0.15) is 25.0 Å². The fourth-order valence-corrected chi connectivity index (χ4v) is 3.12. The summed E-state index contributed by atoms with van der Waals surface area (Å²) < 4.78 is 12.2. The van der Waals surface area contributed by atoms with Crippen LogP contribution in [0.5, 0.6) is 11.5 Å². The number of nitro benzene ring substituents is 1. The van der Waals surface area contributed by atoms with Crippen LogP contribution in [0.3, 0.4) is 0 Å². The molecule has 154 valence electrons. The number of benzene rings is 2. The van der Waals surface area contributed by atoms with Crippen LogP contribution in [0.4, 0.5) is 5.69 Å². The summed E-state index contributed by atoms with van der Waals surface area (Å²) in [4.78, 5) is 10.5. The highest BCUT2D eigenvalue weighted by atomic mass is 79.9. The topological polar surface area (TPSA) is 98.0 Å². The van der Waals surface area contributed by atoms with Crippen molar-refractivity contribution in [3.63, 3.8) is 0 Å². The average Bonchev–Trinajstić information content (AvgIpc) is 2.68. The molecule has 0 aliphatic carbocycles. The number of hydrogen-bond donors (Lipinski definition) is 2. The highest BCUT2D eigenvalue weighted by Gasteiger charge is 2.13. The molecular formula is C19H21BrN4O4S. The van der Waals surface area contributed by atoms with Crippen molar-refractivity contribution in [2.75, 3.05) is 13.2 Å². The third-order valence-corrected chi connectivity index (χ3v) is 4.38. The van der Waals surface area contributed by atoms with Gasteiger partial charge in [0, 0.05) is 18.7 Å². The molecule has 0 aliphatic rings. The maximum atomic E-state index is 10.9. The third-order valence-electron chi connectivity index (χ3n) is 3.55. The van der Waals surface area contributed by atoms with Crippen molar-refractivity contribution >= 4 is 45.2 Å². The summed E-state index contributed by atoms with van der Waals surface area (Å²) in [6.07, 6.45) is 1.61. The van der Waals surface area contributed by atoms with E-state index in [2.05, 4.69) is 31.8 Å². The smallest absolute Gasteiger partial charge is 0.269 e. The standard InChI is InChI=1S/C19H21BrN4O4S/c1-3-21-19(29)23-22-11-14-9-16(20)18(17(10-14)27-4-2)28-12-13-6-5-7-15(8-13)24(25)26/h5-11H,3-4,12H2,1-2H3,(H2,21,23,29)/b22-11-. The van der Waals surface area contributed by atoms with E-state index in [1.54, 1.807) is 24.4 Å². The first kappa shape index (κ1) is 22.6. The van der Waals surface area contributed by atoms with Crippen LogP contribution >= 0.6 is 28.1 Å². The highest BCUT2D eigenvalue weighted by Crippen LogP contribution is 2.37. The number of ether oxygens (including phenoxy) is 2. The number of rotatable bonds is 9. The van der Waals surface area contributed by atoms with E-state index >= 15 is 0 Å². The number of non-ortho nitro benzene ring substituents is 1. The molecule has 0 unspecified atom stereocenters. The van der Waals surface area contributed by atoms with Gasteiger partial charge >= 0.3 is 0 Å². The second kappa shape index (κ2) is 11.3. The number of halogens is 1. The quantitative estimate of drug-likeness (QED) is 0.240. The summed E-state index contributed by atoms with van der Waals surface area (Å²) in [6, 6.07) is 9.93. The van der Waals surface area contributed by atoms with Crippen LogP contribution in [-0.2, 0) is 6.61 Å². The first-order chi connectivity index (χ1) is 13.9. The lowest BCUT2D eigenvalue weighted by molar-refractivity contribution is -0.384. The lowest BCUT2D eigenvalue weighted by Gasteiger charge is -2.14. The first-order valence-electron chi connectivity index (χ1n) is 8.84. The number of nitro groups is 1. The van der Waals surface area contributed by atoms with Gasteiger partial charge in [0.1, 0.15) is 6.61 Å². The Bertz CT molecular complexity index is 908. The summed E-state index contributed by atoms with van der Waals surface area (Å²) in [5.74, 6) is 1.04. The molecule has 0 saturated heterocycles. The van der Waals surface area contributed by atoms with Gasteiger partial charge in [-0.25, -0.2) is 0 Å². The summed E-state index contributed by atoms with van der Waals surface area (Å²) in [5, 5.41) is 18.4. The van der Waals surface area contributed by atoms with Gasteiger partial charge < -0.3 is 14.8 Å². The second-order valence-electron chi connectivity index (χ2n) is 5.71. The van der Waals surface area contributed by atoms with Crippen LogP contribution in [0.15, 0.2) is 46.0 Å². The molecule has 2 aromatic rings. The molecule has 0 atom stereocenters. The molecule has 2 aromatic carbocycles. The van der Waals surface area contributed by atoms with E-state index < -0.39 is 4.92 Å². The van der Waals surface area contributed by atoms with E-state index in [-0.39, 0.29) is 12.3 Å². The lowest BCUT2D eigenvalue weighted by atomic mass is 10.2. The van der Waals surface area contributed by atoms with E-state index in [9.17, 15) is 10.1 Å². The first-order valence-corrected chi connectivity index (χ1v) is 10.0. The zero-order chi connectivity index (χ0) is 21.2. The molecule has 0 aliphatic heterocycles. The molecule has 0 spiro atoms. The molecule has 0 aromatic heterocycles. The van der Waals surface area contributed by atoms with Gasteiger partial charge in [-0.05, 0) is 65.3 Å². The average molecular weight is 481 g/mol. The molecule has 0 saturated carbocycles. The lowest BCUT2D eigenvalue weighted by Crippen LogP contribution is -2.31. The molecule has 29 heavy (non-hydrogen) atoms. The van der Waals surface area contributed by atoms with Gasteiger partial charge in [0.2, 0.25) is 0 Å². The number of hydrazone groups is 1. The monoisotopic (exact) mass is 480 g/mol. The Morgan fingerprint density at radius 3 is 2.79 bits per heavy atom. The van der Waals surface area contributed by atoms with Crippen LogP contribution < -0.4 is 20.2 Å². The normalized spacial score (nSPS) is 10.6. The van der Waals surface area contributed by atoms with Gasteiger partial charge in [-0.2, -0.15) is 5.10 Å². The Labute approximate surface area is 182 Å². The molecule has 8 nitrogen and oxygen atoms in total. The number of thiocarbonyl (C=S) groups is 1. The van der Waals surface area contributed by atoms with Crippen molar-refractivity contribution in [2.45, 2.75) is 20.5 Å². The van der Waals surface area contributed by atoms with Crippen LogP contribution in [0, 0.1) is 10.1 Å². The molecule has 0 bridgehead atoms. The summed E-state index contributed by atoms with van der Waals surface area (Å²) in [5.41, 5.74) is 4.20.